The van der Waals surface area contributed by atoms with Gasteiger partial charge in [0, 0.05) is 33.5 Å². The molecule has 0 bridgehead atoms. The maximum atomic E-state index is 2.66. The molecule has 368 valence electrons. The van der Waals surface area contributed by atoms with Crippen molar-refractivity contribution in [2.45, 2.75) is 157 Å². The molecule has 0 aliphatic heterocycles. The molecule has 0 saturated carbocycles. The summed E-state index contributed by atoms with van der Waals surface area (Å²) in [5.74, 6) is 3.71. The highest BCUT2D eigenvalue weighted by atomic mass is 15.2. The van der Waals surface area contributed by atoms with Crippen LogP contribution in [0.25, 0.3) is 32.3 Å². The third-order valence-electron chi connectivity index (χ3n) is 18.4. The fourth-order valence-electron chi connectivity index (χ4n) is 13.7. The van der Waals surface area contributed by atoms with Crippen molar-refractivity contribution in [1.29, 1.82) is 0 Å². The van der Waals surface area contributed by atoms with E-state index in [1.165, 1.54) is 175 Å². The van der Waals surface area contributed by atoms with Crippen molar-refractivity contribution in [1.82, 2.24) is 0 Å². The molecule has 8 aromatic rings. The Morgan fingerprint density at radius 1 is 0.319 bits per heavy atom. The Balaban J connectivity index is 1.14. The van der Waals surface area contributed by atoms with Crippen LogP contribution in [0.15, 0.2) is 121 Å². The summed E-state index contributed by atoms with van der Waals surface area (Å²) in [6.45, 7) is 19.1. The lowest BCUT2D eigenvalue weighted by Crippen LogP contribution is -2.20. The zero-order valence-corrected chi connectivity index (χ0v) is 44.8. The first-order chi connectivity index (χ1) is 34.9. The number of hydrogen-bond acceptors (Lipinski definition) is 2. The second kappa shape index (κ2) is 19.2. The maximum Gasteiger partial charge on any atom is 0.0546 e. The van der Waals surface area contributed by atoms with E-state index in [1.54, 1.807) is 11.1 Å². The molecule has 0 amide bonds. The van der Waals surface area contributed by atoms with Gasteiger partial charge < -0.3 is 9.80 Å². The number of fused-ring (bicyclic) bond motifs is 9. The number of aryl methyl sites for hydroxylation is 6. The predicted octanol–water partition coefficient (Wildman–Crippen LogP) is 19.6. The Kier molecular flexibility index (Phi) is 12.6. The standard InChI is InChI=1S/C70H78N2/c1-43(2)49-17-19-57-37-61(29-23-55(57)33-49)71(59-27-21-47-13-9-11-15-53(47)35-59)69-41-65-64-32-26-52(46(7)8)40-68(64)70(42-66(65)63-31-25-51(45(5)6)39-67(63)69)72(60-28-22-48-14-10-12-16-54(48)36-60)62-30-24-56-34-50(44(3)4)18-20-58(56)38-62/h21-32,35-46,49-50H,9-20,33-34H2,1-8H3. The molecule has 2 nitrogen and oxygen atoms in total. The molecular weight excluding hydrogens is 869 g/mol. The lowest BCUT2D eigenvalue weighted by atomic mass is 9.78. The van der Waals surface area contributed by atoms with Gasteiger partial charge in [0.2, 0.25) is 0 Å². The summed E-state index contributed by atoms with van der Waals surface area (Å²) in [5.41, 5.74) is 22.7. The van der Waals surface area contributed by atoms with Crippen LogP contribution in [0.5, 0.6) is 0 Å². The molecule has 0 spiro atoms. The Morgan fingerprint density at radius 2 is 0.667 bits per heavy atom. The van der Waals surface area contributed by atoms with E-state index >= 15 is 0 Å². The van der Waals surface area contributed by atoms with E-state index < -0.39 is 0 Å². The lowest BCUT2D eigenvalue weighted by Gasteiger charge is -2.33. The second-order valence-corrected chi connectivity index (χ2v) is 24.2. The average molecular weight is 947 g/mol. The minimum atomic E-state index is 0.397. The first-order valence-corrected chi connectivity index (χ1v) is 28.5. The minimum absolute atomic E-state index is 0.397. The van der Waals surface area contributed by atoms with Crippen molar-refractivity contribution in [3.63, 3.8) is 0 Å². The highest BCUT2D eigenvalue weighted by molar-refractivity contribution is 6.25. The van der Waals surface area contributed by atoms with Crippen LogP contribution in [0.3, 0.4) is 0 Å². The third-order valence-corrected chi connectivity index (χ3v) is 18.4. The van der Waals surface area contributed by atoms with Crippen LogP contribution in [-0.2, 0) is 51.4 Å². The Hall–Kier alpha value is -5.86. The number of rotatable bonds is 10. The minimum Gasteiger partial charge on any atom is -0.310 e. The lowest BCUT2D eigenvalue weighted by molar-refractivity contribution is 0.343. The van der Waals surface area contributed by atoms with E-state index in [9.17, 15) is 0 Å². The predicted molar refractivity (Wildman–Crippen MR) is 310 cm³/mol. The molecule has 12 rings (SSSR count). The van der Waals surface area contributed by atoms with Gasteiger partial charge in [0.25, 0.3) is 0 Å². The zero-order valence-electron chi connectivity index (χ0n) is 44.8. The van der Waals surface area contributed by atoms with E-state index in [1.807, 2.05) is 0 Å². The van der Waals surface area contributed by atoms with Crippen molar-refractivity contribution in [3.05, 3.63) is 177 Å². The van der Waals surface area contributed by atoms with Gasteiger partial charge in [0.15, 0.2) is 0 Å². The van der Waals surface area contributed by atoms with Gasteiger partial charge in [0.1, 0.15) is 0 Å². The average Bonchev–Trinajstić information content (AvgIpc) is 3.40. The summed E-state index contributed by atoms with van der Waals surface area (Å²) in [4.78, 5) is 5.32. The number of anilines is 6. The zero-order chi connectivity index (χ0) is 49.4. The van der Waals surface area contributed by atoms with Crippen LogP contribution in [0.4, 0.5) is 34.1 Å². The SMILES string of the molecule is CC(C)c1ccc2c(c1)c(N(c1ccc3c(c1)CCCC3)c1ccc3c(c1)CCC(C(C)C)C3)cc1c3ccc(C(C)C)cc3c(N(c3ccc4c(c3)CCCC4)c3ccc4c(c3)CCC(C(C)C)C4)cc21. The summed E-state index contributed by atoms with van der Waals surface area (Å²) < 4.78 is 0. The van der Waals surface area contributed by atoms with E-state index in [2.05, 4.69) is 187 Å². The van der Waals surface area contributed by atoms with Crippen LogP contribution < -0.4 is 9.80 Å². The monoisotopic (exact) mass is 947 g/mol. The van der Waals surface area contributed by atoms with Gasteiger partial charge in [-0.15, -0.1) is 0 Å². The van der Waals surface area contributed by atoms with Gasteiger partial charge in [-0.25, -0.2) is 0 Å². The second-order valence-electron chi connectivity index (χ2n) is 24.2. The normalized spacial score (nSPS) is 17.7. The largest absolute Gasteiger partial charge is 0.310 e. The molecule has 2 heteroatoms. The van der Waals surface area contributed by atoms with Gasteiger partial charge >= 0.3 is 0 Å². The molecule has 0 N–H and O–H groups in total. The van der Waals surface area contributed by atoms with Crippen molar-refractivity contribution in [2.24, 2.45) is 23.7 Å². The van der Waals surface area contributed by atoms with Crippen molar-refractivity contribution in [3.8, 4) is 0 Å². The Bertz CT molecular complexity index is 3140. The molecule has 4 aliphatic carbocycles. The van der Waals surface area contributed by atoms with Crippen molar-refractivity contribution in [2.75, 3.05) is 9.80 Å². The maximum absolute atomic E-state index is 2.66. The molecule has 72 heavy (non-hydrogen) atoms. The van der Waals surface area contributed by atoms with E-state index in [0.717, 1.165) is 37.5 Å². The molecule has 4 aliphatic rings. The van der Waals surface area contributed by atoms with Gasteiger partial charge in [-0.3, -0.25) is 0 Å². The molecule has 0 saturated heterocycles. The van der Waals surface area contributed by atoms with Gasteiger partial charge in [-0.2, -0.15) is 0 Å². The fraction of sp³-hybridized carbons (Fsp3) is 0.400. The summed E-state index contributed by atoms with van der Waals surface area (Å²) in [6, 6.07) is 50.0. The van der Waals surface area contributed by atoms with Gasteiger partial charge in [-0.05, 0) is 275 Å². The van der Waals surface area contributed by atoms with Crippen LogP contribution in [0.1, 0.15) is 161 Å². The van der Waals surface area contributed by atoms with Crippen LogP contribution in [0.2, 0.25) is 0 Å². The summed E-state index contributed by atoms with van der Waals surface area (Å²) in [7, 11) is 0. The quantitative estimate of drug-likeness (QED) is 0.126. The van der Waals surface area contributed by atoms with E-state index in [0.29, 0.717) is 23.7 Å². The fourth-order valence-corrected chi connectivity index (χ4v) is 13.7. The molecular formula is C70H78N2. The first-order valence-electron chi connectivity index (χ1n) is 28.5. The molecule has 0 fully saturated rings. The van der Waals surface area contributed by atoms with Crippen molar-refractivity contribution >= 4 is 66.4 Å². The Morgan fingerprint density at radius 3 is 1.03 bits per heavy atom. The topological polar surface area (TPSA) is 6.48 Å². The molecule has 2 unspecified atom stereocenters. The van der Waals surface area contributed by atoms with Crippen molar-refractivity contribution < 1.29 is 0 Å². The molecule has 2 atom stereocenters. The smallest absolute Gasteiger partial charge is 0.0546 e. The number of hydrogen-bond donors (Lipinski definition) is 0. The molecule has 0 aromatic heterocycles. The van der Waals surface area contributed by atoms with Crippen LogP contribution in [0, 0.1) is 23.7 Å². The van der Waals surface area contributed by atoms with E-state index in [4.69, 9.17) is 0 Å². The highest BCUT2D eigenvalue weighted by Gasteiger charge is 2.28. The molecule has 0 heterocycles. The van der Waals surface area contributed by atoms with Crippen LogP contribution in [-0.4, -0.2) is 0 Å². The number of nitrogens with zero attached hydrogens (tertiary/aromatic N) is 2. The Labute approximate surface area is 431 Å². The number of benzene rings is 8. The first kappa shape index (κ1) is 47.2. The van der Waals surface area contributed by atoms with E-state index in [-0.39, 0.29) is 0 Å². The summed E-state index contributed by atoms with van der Waals surface area (Å²) >= 11 is 0. The molecule has 8 aromatic carbocycles. The molecule has 0 radical (unpaired) electrons. The summed E-state index contributed by atoms with van der Waals surface area (Å²) in [6.07, 6.45) is 17.0. The van der Waals surface area contributed by atoms with Crippen LogP contribution >= 0.6 is 0 Å². The highest BCUT2D eigenvalue weighted by Crippen LogP contribution is 2.50. The summed E-state index contributed by atoms with van der Waals surface area (Å²) in [5, 5.41) is 7.92. The van der Waals surface area contributed by atoms with Gasteiger partial charge in [-0.1, -0.05) is 104 Å². The third kappa shape index (κ3) is 8.63. The van der Waals surface area contributed by atoms with Gasteiger partial charge in [0.05, 0.1) is 11.4 Å².